The highest BCUT2D eigenvalue weighted by atomic mass is 79.9. The zero-order valence-corrected chi connectivity index (χ0v) is 9.63. The number of halogens is 2. The zero-order valence-electron chi connectivity index (χ0n) is 6.46. The van der Waals surface area contributed by atoms with Crippen LogP contribution in [0.3, 0.4) is 0 Å². The van der Waals surface area contributed by atoms with Crippen molar-refractivity contribution >= 4 is 38.1 Å². The summed E-state index contributed by atoms with van der Waals surface area (Å²) in [6.07, 6.45) is 1.60. The number of hydrogen-bond acceptors (Lipinski definition) is 2. The van der Waals surface area contributed by atoms with E-state index in [1.807, 2.05) is 6.07 Å². The van der Waals surface area contributed by atoms with Gasteiger partial charge in [0.05, 0.1) is 4.47 Å². The summed E-state index contributed by atoms with van der Waals surface area (Å²) in [7, 11) is 1.70. The van der Waals surface area contributed by atoms with E-state index in [1.54, 1.807) is 17.9 Å². The minimum atomic E-state index is 0.738. The molecule has 3 nitrogen and oxygen atoms in total. The van der Waals surface area contributed by atoms with E-state index in [-0.39, 0.29) is 0 Å². The molecule has 1 aromatic heterocycles. The molecular weight excluding hydrogens is 286 g/mol. The van der Waals surface area contributed by atoms with Gasteiger partial charge in [-0.25, -0.2) is 4.68 Å². The van der Waals surface area contributed by atoms with Gasteiger partial charge in [0, 0.05) is 13.2 Å². The molecule has 0 aromatic carbocycles. The molecule has 5 heteroatoms. The maximum atomic E-state index is 4.11. The van der Waals surface area contributed by atoms with Crippen LogP contribution in [0.5, 0.6) is 0 Å². The SMILES string of the molecule is C=Cn1nc(Br)cc(Br)c1=NC. The van der Waals surface area contributed by atoms with Crippen molar-refractivity contribution in [2.45, 2.75) is 0 Å². The highest BCUT2D eigenvalue weighted by molar-refractivity contribution is 9.11. The molecule has 0 radical (unpaired) electrons. The molecule has 0 saturated heterocycles. The smallest absolute Gasteiger partial charge is 0.162 e. The van der Waals surface area contributed by atoms with Crippen molar-refractivity contribution in [3.63, 3.8) is 0 Å². The number of rotatable bonds is 1. The summed E-state index contributed by atoms with van der Waals surface area (Å²) in [4.78, 5) is 4.04. The normalized spacial score (nSPS) is 11.8. The third-order valence-electron chi connectivity index (χ3n) is 1.26. The first kappa shape index (κ1) is 9.67. The van der Waals surface area contributed by atoms with Crippen molar-refractivity contribution < 1.29 is 0 Å². The van der Waals surface area contributed by atoms with Crippen molar-refractivity contribution in [2.75, 3.05) is 7.05 Å². The molecule has 0 atom stereocenters. The van der Waals surface area contributed by atoms with Crippen LogP contribution in [0.2, 0.25) is 0 Å². The summed E-state index contributed by atoms with van der Waals surface area (Å²) in [5.41, 5.74) is 0.744. The third kappa shape index (κ3) is 1.84. The second kappa shape index (κ2) is 4.00. The second-order valence-corrected chi connectivity index (χ2v) is 3.66. The quantitative estimate of drug-likeness (QED) is 0.779. The van der Waals surface area contributed by atoms with Crippen LogP contribution < -0.4 is 5.49 Å². The maximum absolute atomic E-state index is 4.11. The second-order valence-electron chi connectivity index (χ2n) is 1.99. The van der Waals surface area contributed by atoms with E-state index in [1.165, 1.54) is 0 Å². The molecule has 0 spiro atoms. The maximum Gasteiger partial charge on any atom is 0.162 e. The van der Waals surface area contributed by atoms with E-state index in [0.717, 1.165) is 14.6 Å². The summed E-state index contributed by atoms with van der Waals surface area (Å²) in [6.45, 7) is 3.62. The molecule has 1 aromatic rings. The lowest BCUT2D eigenvalue weighted by atomic mass is 10.5. The molecule has 0 saturated carbocycles. The Balaban J connectivity index is 3.56. The van der Waals surface area contributed by atoms with E-state index in [2.05, 4.69) is 48.5 Å². The van der Waals surface area contributed by atoms with Crippen molar-refractivity contribution in [3.05, 3.63) is 27.2 Å². The summed E-state index contributed by atoms with van der Waals surface area (Å²) >= 11 is 6.63. The average molecular weight is 293 g/mol. The summed E-state index contributed by atoms with van der Waals surface area (Å²) < 4.78 is 3.21. The lowest BCUT2D eigenvalue weighted by molar-refractivity contribution is 0.803. The van der Waals surface area contributed by atoms with Crippen LogP contribution in [0.25, 0.3) is 6.20 Å². The van der Waals surface area contributed by atoms with E-state index >= 15 is 0 Å². The van der Waals surface area contributed by atoms with Crippen molar-refractivity contribution in [1.29, 1.82) is 0 Å². The van der Waals surface area contributed by atoms with Crippen LogP contribution in [0, 0.1) is 0 Å². The molecule has 12 heavy (non-hydrogen) atoms. The van der Waals surface area contributed by atoms with Crippen LogP contribution >= 0.6 is 31.9 Å². The highest BCUT2D eigenvalue weighted by Crippen LogP contribution is 2.09. The number of nitrogens with zero attached hydrogens (tertiary/aromatic N) is 3. The Morgan fingerprint density at radius 3 is 2.83 bits per heavy atom. The first-order valence-electron chi connectivity index (χ1n) is 3.19. The lowest BCUT2D eigenvalue weighted by Gasteiger charge is -2.01. The van der Waals surface area contributed by atoms with E-state index in [9.17, 15) is 0 Å². The first-order chi connectivity index (χ1) is 5.69. The van der Waals surface area contributed by atoms with Crippen LogP contribution in [-0.4, -0.2) is 16.8 Å². The van der Waals surface area contributed by atoms with Gasteiger partial charge in [-0.2, -0.15) is 5.10 Å². The lowest BCUT2D eigenvalue weighted by Crippen LogP contribution is -2.20. The van der Waals surface area contributed by atoms with Crippen LogP contribution in [0.1, 0.15) is 0 Å². The molecule has 0 aliphatic carbocycles. The van der Waals surface area contributed by atoms with Crippen molar-refractivity contribution in [2.24, 2.45) is 4.99 Å². The Kier molecular flexibility index (Phi) is 3.22. The van der Waals surface area contributed by atoms with Crippen LogP contribution in [0.15, 0.2) is 26.7 Å². The Hall–Kier alpha value is -0.420. The van der Waals surface area contributed by atoms with Gasteiger partial charge < -0.3 is 0 Å². The molecular formula is C7H7Br2N3. The minimum Gasteiger partial charge on any atom is -0.269 e. The van der Waals surface area contributed by atoms with Gasteiger partial charge in [-0.3, -0.25) is 4.99 Å². The Labute approximate surface area is 87.1 Å². The third-order valence-corrected chi connectivity index (χ3v) is 2.24. The minimum absolute atomic E-state index is 0.738. The molecule has 1 heterocycles. The average Bonchev–Trinajstić information content (AvgIpc) is 2.03. The van der Waals surface area contributed by atoms with E-state index < -0.39 is 0 Å². The van der Waals surface area contributed by atoms with Gasteiger partial charge >= 0.3 is 0 Å². The fraction of sp³-hybridized carbons (Fsp3) is 0.143. The van der Waals surface area contributed by atoms with E-state index in [0.29, 0.717) is 0 Å². The Morgan fingerprint density at radius 1 is 1.67 bits per heavy atom. The summed E-state index contributed by atoms with van der Waals surface area (Å²) in [5, 5.41) is 4.11. The van der Waals surface area contributed by atoms with Crippen molar-refractivity contribution in [1.82, 2.24) is 9.78 Å². The first-order valence-corrected chi connectivity index (χ1v) is 4.78. The molecule has 0 aliphatic rings. The molecule has 64 valence electrons. The molecule has 0 N–H and O–H groups in total. The van der Waals surface area contributed by atoms with Gasteiger partial charge in [-0.1, -0.05) is 6.58 Å². The summed E-state index contributed by atoms with van der Waals surface area (Å²) in [6, 6.07) is 1.84. The Morgan fingerprint density at radius 2 is 2.33 bits per heavy atom. The fourth-order valence-corrected chi connectivity index (χ4v) is 2.08. The largest absolute Gasteiger partial charge is 0.269 e. The number of hydrogen-bond donors (Lipinski definition) is 0. The van der Waals surface area contributed by atoms with Gasteiger partial charge in [-0.15, -0.1) is 0 Å². The summed E-state index contributed by atoms with van der Waals surface area (Å²) in [5.74, 6) is 0. The van der Waals surface area contributed by atoms with Crippen LogP contribution in [-0.2, 0) is 0 Å². The van der Waals surface area contributed by atoms with E-state index in [4.69, 9.17) is 0 Å². The molecule has 0 aliphatic heterocycles. The topological polar surface area (TPSA) is 30.2 Å². The molecule has 0 unspecified atom stereocenters. The van der Waals surface area contributed by atoms with Gasteiger partial charge in [0.15, 0.2) is 5.49 Å². The number of aromatic nitrogens is 2. The monoisotopic (exact) mass is 291 g/mol. The molecule has 0 fully saturated rings. The Bertz CT molecular complexity index is 367. The zero-order chi connectivity index (χ0) is 9.14. The van der Waals surface area contributed by atoms with Crippen LogP contribution in [0.4, 0.5) is 0 Å². The van der Waals surface area contributed by atoms with Gasteiger partial charge in [-0.05, 0) is 37.9 Å². The van der Waals surface area contributed by atoms with Gasteiger partial charge in [0.1, 0.15) is 4.60 Å². The highest BCUT2D eigenvalue weighted by Gasteiger charge is 1.98. The molecule has 1 rings (SSSR count). The fourth-order valence-electron chi connectivity index (χ4n) is 0.794. The van der Waals surface area contributed by atoms with Crippen molar-refractivity contribution in [3.8, 4) is 0 Å². The molecule has 0 bridgehead atoms. The standard InChI is InChI=1S/C7H7Br2N3/c1-3-12-7(10-2)5(8)4-6(9)11-12/h3-4H,1H2,2H3. The molecule has 0 amide bonds. The predicted molar refractivity (Wildman–Crippen MR) is 55.5 cm³/mol. The predicted octanol–water partition coefficient (Wildman–Crippen LogP) is 2.04. The van der Waals surface area contributed by atoms with Gasteiger partial charge in [0.25, 0.3) is 0 Å². The van der Waals surface area contributed by atoms with Gasteiger partial charge in [0.2, 0.25) is 0 Å².